The van der Waals surface area contributed by atoms with Crippen LogP contribution in [0.25, 0.3) is 0 Å². The number of sulfonamides is 1. The zero-order valence-corrected chi connectivity index (χ0v) is 18.8. The van der Waals surface area contributed by atoms with Crippen molar-refractivity contribution in [2.75, 3.05) is 13.2 Å². The molecular weight excluding hydrogens is 402 g/mol. The van der Waals surface area contributed by atoms with Crippen LogP contribution in [-0.4, -0.2) is 44.0 Å². The normalized spacial score (nSPS) is 24.7. The number of esters is 1. The van der Waals surface area contributed by atoms with Gasteiger partial charge in [0.1, 0.15) is 22.8 Å². The first-order valence-corrected chi connectivity index (χ1v) is 12.4. The van der Waals surface area contributed by atoms with Gasteiger partial charge in [-0.3, -0.25) is 4.79 Å². The number of nitrogens with zero attached hydrogens (tertiary/aromatic N) is 1. The highest BCUT2D eigenvalue weighted by Gasteiger charge is 2.42. The molecule has 6 nitrogen and oxygen atoms in total. The monoisotopic (exact) mass is 435 g/mol. The summed E-state index contributed by atoms with van der Waals surface area (Å²) in [5, 5.41) is 0. The van der Waals surface area contributed by atoms with E-state index in [4.69, 9.17) is 9.47 Å². The summed E-state index contributed by atoms with van der Waals surface area (Å²) < 4.78 is 39.9. The number of carbonyl (C=O) groups is 1. The van der Waals surface area contributed by atoms with Crippen LogP contribution in [0.2, 0.25) is 0 Å². The predicted octanol–water partition coefficient (Wildman–Crippen LogP) is 4.22. The highest BCUT2D eigenvalue weighted by Crippen LogP contribution is 2.36. The molecule has 0 amide bonds. The Morgan fingerprint density at radius 3 is 2.80 bits per heavy atom. The van der Waals surface area contributed by atoms with Gasteiger partial charge in [0.05, 0.1) is 6.61 Å². The molecule has 1 aliphatic heterocycles. The largest absolute Gasteiger partial charge is 0.488 e. The van der Waals surface area contributed by atoms with Crippen LogP contribution < -0.4 is 4.74 Å². The number of unbranched alkanes of at least 4 members (excludes halogenated alkanes) is 1. The number of ether oxygens (including phenoxy) is 2. The van der Waals surface area contributed by atoms with Crippen LogP contribution >= 0.6 is 0 Å². The third-order valence-electron chi connectivity index (χ3n) is 5.99. The van der Waals surface area contributed by atoms with Gasteiger partial charge in [-0.15, -0.1) is 6.58 Å². The summed E-state index contributed by atoms with van der Waals surface area (Å²) in [6.07, 6.45) is 7.52. The second-order valence-corrected chi connectivity index (χ2v) is 10.1. The topological polar surface area (TPSA) is 72.9 Å². The second kappa shape index (κ2) is 9.96. The highest BCUT2D eigenvalue weighted by molar-refractivity contribution is 7.89. The first kappa shape index (κ1) is 22.8. The maximum Gasteiger partial charge on any atom is 0.324 e. The fraction of sp³-hybridized carbons (Fsp3) is 0.609. The van der Waals surface area contributed by atoms with Gasteiger partial charge in [0.25, 0.3) is 0 Å². The molecule has 1 saturated carbocycles. The Balaban J connectivity index is 1.86. The van der Waals surface area contributed by atoms with Crippen molar-refractivity contribution in [2.45, 2.75) is 75.8 Å². The van der Waals surface area contributed by atoms with E-state index in [2.05, 4.69) is 6.58 Å². The molecule has 1 saturated heterocycles. The molecule has 0 unspecified atom stereocenters. The molecule has 0 N–H and O–H groups in total. The molecule has 2 fully saturated rings. The lowest BCUT2D eigenvalue weighted by Crippen LogP contribution is -2.41. The Morgan fingerprint density at radius 1 is 1.27 bits per heavy atom. The minimum absolute atomic E-state index is 0.0772. The molecule has 1 aromatic carbocycles. The number of benzene rings is 1. The third kappa shape index (κ3) is 4.89. The Labute approximate surface area is 180 Å². The molecule has 0 spiro atoms. The molecule has 1 heterocycles. The van der Waals surface area contributed by atoms with Gasteiger partial charge in [-0.1, -0.05) is 25.5 Å². The standard InChI is InChI=1S/C23H33NO5S/c1-4-6-15-28-23(25)19-10-8-14-24(19)30(26,27)22-13-12-17(3)16-21(22)29-20-11-7-9-18(20)5-2/h5,12-13,16,18-20H,2,4,6-11,14-15H2,1,3H3/t18-,19+,20+/m1/s1. The number of aryl methyl sites for hydroxylation is 1. The Hall–Kier alpha value is -1.86. The van der Waals surface area contributed by atoms with Gasteiger partial charge in [0.2, 0.25) is 10.0 Å². The van der Waals surface area contributed by atoms with Crippen molar-refractivity contribution in [3.63, 3.8) is 0 Å². The number of hydrogen-bond acceptors (Lipinski definition) is 5. The molecule has 0 radical (unpaired) electrons. The van der Waals surface area contributed by atoms with E-state index in [1.807, 2.05) is 19.9 Å². The van der Waals surface area contributed by atoms with Crippen molar-refractivity contribution < 1.29 is 22.7 Å². The highest BCUT2D eigenvalue weighted by atomic mass is 32.2. The fourth-order valence-electron chi connectivity index (χ4n) is 4.26. The molecule has 1 aromatic rings. The molecule has 0 aromatic heterocycles. The van der Waals surface area contributed by atoms with Crippen LogP contribution in [0, 0.1) is 12.8 Å². The van der Waals surface area contributed by atoms with Gasteiger partial charge < -0.3 is 9.47 Å². The van der Waals surface area contributed by atoms with E-state index in [0.29, 0.717) is 31.7 Å². The summed E-state index contributed by atoms with van der Waals surface area (Å²) in [5.74, 6) is 0.120. The van der Waals surface area contributed by atoms with E-state index in [1.54, 1.807) is 18.2 Å². The van der Waals surface area contributed by atoms with Crippen LogP contribution in [0.15, 0.2) is 35.7 Å². The van der Waals surface area contributed by atoms with E-state index in [9.17, 15) is 13.2 Å². The maximum absolute atomic E-state index is 13.6. The molecule has 0 bridgehead atoms. The smallest absolute Gasteiger partial charge is 0.324 e. The van der Waals surface area contributed by atoms with E-state index < -0.39 is 22.0 Å². The minimum Gasteiger partial charge on any atom is -0.488 e. The number of rotatable bonds is 9. The molecule has 3 rings (SSSR count). The number of hydrogen-bond donors (Lipinski definition) is 0. The molecule has 166 valence electrons. The predicted molar refractivity (Wildman–Crippen MR) is 116 cm³/mol. The van der Waals surface area contributed by atoms with Crippen LogP contribution in [-0.2, 0) is 19.6 Å². The Bertz CT molecular complexity index is 866. The van der Waals surface area contributed by atoms with Crippen molar-refractivity contribution in [1.29, 1.82) is 0 Å². The summed E-state index contributed by atoms with van der Waals surface area (Å²) in [6.45, 7) is 8.44. The van der Waals surface area contributed by atoms with Crippen LogP contribution in [0.5, 0.6) is 5.75 Å². The van der Waals surface area contributed by atoms with Gasteiger partial charge in [-0.2, -0.15) is 4.31 Å². The van der Waals surface area contributed by atoms with Gasteiger partial charge >= 0.3 is 5.97 Å². The van der Waals surface area contributed by atoms with Gasteiger partial charge in [-0.25, -0.2) is 8.42 Å². The van der Waals surface area contributed by atoms with Gasteiger partial charge in [-0.05, 0) is 63.1 Å². The van der Waals surface area contributed by atoms with Crippen LogP contribution in [0.1, 0.15) is 57.4 Å². The van der Waals surface area contributed by atoms with Crippen molar-refractivity contribution in [2.24, 2.45) is 5.92 Å². The van der Waals surface area contributed by atoms with Crippen molar-refractivity contribution in [1.82, 2.24) is 4.31 Å². The van der Waals surface area contributed by atoms with E-state index in [-0.39, 0.29) is 16.9 Å². The summed E-state index contributed by atoms with van der Waals surface area (Å²) in [7, 11) is -3.90. The van der Waals surface area contributed by atoms with Crippen molar-refractivity contribution in [3.8, 4) is 5.75 Å². The van der Waals surface area contributed by atoms with Crippen molar-refractivity contribution in [3.05, 3.63) is 36.4 Å². The minimum atomic E-state index is -3.90. The third-order valence-corrected chi connectivity index (χ3v) is 7.94. The Morgan fingerprint density at radius 2 is 2.07 bits per heavy atom. The fourth-order valence-corrected chi connectivity index (χ4v) is 6.01. The lowest BCUT2D eigenvalue weighted by Gasteiger charge is -2.26. The summed E-state index contributed by atoms with van der Waals surface area (Å²) >= 11 is 0. The van der Waals surface area contributed by atoms with E-state index in [1.165, 1.54) is 4.31 Å². The molecule has 1 aliphatic carbocycles. The maximum atomic E-state index is 13.6. The lowest BCUT2D eigenvalue weighted by molar-refractivity contribution is -0.147. The van der Waals surface area contributed by atoms with Gasteiger partial charge in [0.15, 0.2) is 0 Å². The summed E-state index contributed by atoms with van der Waals surface area (Å²) in [4.78, 5) is 12.7. The zero-order chi connectivity index (χ0) is 21.7. The average molecular weight is 436 g/mol. The van der Waals surface area contributed by atoms with Crippen molar-refractivity contribution >= 4 is 16.0 Å². The first-order valence-electron chi connectivity index (χ1n) is 11.0. The quantitative estimate of drug-likeness (QED) is 0.330. The van der Waals surface area contributed by atoms with E-state index in [0.717, 1.165) is 37.7 Å². The first-order chi connectivity index (χ1) is 14.4. The molecule has 2 aliphatic rings. The molecule has 30 heavy (non-hydrogen) atoms. The zero-order valence-electron chi connectivity index (χ0n) is 18.0. The molecule has 7 heteroatoms. The average Bonchev–Trinajstić information content (AvgIpc) is 3.37. The van der Waals surface area contributed by atoms with Crippen LogP contribution in [0.3, 0.4) is 0 Å². The molecule has 3 atom stereocenters. The second-order valence-electron chi connectivity index (χ2n) is 8.23. The Kier molecular flexibility index (Phi) is 7.58. The van der Waals surface area contributed by atoms with Crippen LogP contribution in [0.4, 0.5) is 0 Å². The van der Waals surface area contributed by atoms with E-state index >= 15 is 0 Å². The lowest BCUT2D eigenvalue weighted by atomic mass is 10.1. The summed E-state index contributed by atoms with van der Waals surface area (Å²) in [6, 6.07) is 4.36. The van der Waals surface area contributed by atoms with Gasteiger partial charge in [0, 0.05) is 12.5 Å². The number of carbonyl (C=O) groups excluding carboxylic acids is 1. The molecular formula is C23H33NO5S. The summed E-state index contributed by atoms with van der Waals surface area (Å²) in [5.41, 5.74) is 0.925. The SMILES string of the molecule is C=C[C@@H]1CCC[C@@H]1Oc1cc(C)ccc1S(=O)(=O)N1CCC[C@H]1C(=O)OCCCC.